The molecule has 0 radical (unpaired) electrons. The molecule has 3 aromatic rings. The van der Waals surface area contributed by atoms with Crippen LogP contribution in [0.1, 0.15) is 73.9 Å². The first-order valence-corrected chi connectivity index (χ1v) is 10.7. The third-order valence-electron chi connectivity index (χ3n) is 4.73. The van der Waals surface area contributed by atoms with Crippen molar-refractivity contribution in [1.29, 1.82) is 0 Å². The Bertz CT molecular complexity index is 891. The summed E-state index contributed by atoms with van der Waals surface area (Å²) in [6.45, 7) is 17.4. The number of aryl methyl sites for hydroxylation is 1. The summed E-state index contributed by atoms with van der Waals surface area (Å²) in [7, 11) is 0. The van der Waals surface area contributed by atoms with Crippen molar-refractivity contribution in [3.05, 3.63) is 113 Å². The van der Waals surface area contributed by atoms with Gasteiger partial charge in [-0.05, 0) is 58.6 Å². The lowest BCUT2D eigenvalue weighted by molar-refractivity contribution is 0.737. The van der Waals surface area contributed by atoms with E-state index in [1.54, 1.807) is 0 Å². The second-order valence-corrected chi connectivity index (χ2v) is 8.85. The molecule has 0 spiro atoms. The van der Waals surface area contributed by atoms with Crippen LogP contribution in [0.4, 0.5) is 0 Å². The zero-order chi connectivity index (χ0) is 21.4. The van der Waals surface area contributed by atoms with E-state index < -0.39 is 0 Å². The van der Waals surface area contributed by atoms with E-state index in [9.17, 15) is 0 Å². The van der Waals surface area contributed by atoms with E-state index in [2.05, 4.69) is 121 Å². The van der Waals surface area contributed by atoms with Crippen molar-refractivity contribution < 1.29 is 0 Å². The van der Waals surface area contributed by atoms with Crippen LogP contribution >= 0.6 is 0 Å². The maximum atomic E-state index is 4.27. The van der Waals surface area contributed by atoms with Crippen LogP contribution in [0.3, 0.4) is 0 Å². The first-order valence-electron chi connectivity index (χ1n) is 10.7. The Hall–Kier alpha value is -2.60. The lowest BCUT2D eigenvalue weighted by Gasteiger charge is -2.10. The molecule has 0 saturated carbocycles. The molecule has 0 fully saturated rings. The minimum absolute atomic E-state index is 0.570. The molecule has 0 N–H and O–H groups in total. The minimum atomic E-state index is 0.570. The van der Waals surface area contributed by atoms with Gasteiger partial charge < -0.3 is 0 Å². The van der Waals surface area contributed by atoms with Gasteiger partial charge in [0.05, 0.1) is 0 Å². The highest BCUT2D eigenvalue weighted by atomic mass is 14.1. The van der Waals surface area contributed by atoms with Crippen LogP contribution in [-0.4, -0.2) is 0 Å². The molecule has 0 saturated heterocycles. The zero-order valence-corrected chi connectivity index (χ0v) is 19.0. The molecular weight excluding hydrogens is 348 g/mol. The molecule has 0 nitrogen and oxygen atoms in total. The fourth-order valence-corrected chi connectivity index (χ4v) is 3.04. The molecule has 0 aliphatic carbocycles. The molecule has 0 atom stereocenters. The van der Waals surface area contributed by atoms with Gasteiger partial charge in [0.25, 0.3) is 0 Å². The Labute approximate surface area is 178 Å². The molecule has 0 aliphatic heterocycles. The van der Waals surface area contributed by atoms with Crippen molar-refractivity contribution in [2.45, 2.75) is 53.9 Å². The number of benzene rings is 3. The Balaban J connectivity index is 0.000000687. The van der Waals surface area contributed by atoms with Crippen LogP contribution in [0, 0.1) is 12.8 Å². The van der Waals surface area contributed by atoms with Crippen molar-refractivity contribution in [2.24, 2.45) is 5.92 Å². The van der Waals surface area contributed by atoms with Gasteiger partial charge in [-0.3, -0.25) is 0 Å². The monoisotopic (exact) mass is 384 g/mol. The number of hydrogen-bond donors (Lipinski definition) is 0. The fraction of sp³-hybridized carbons (Fsp3) is 0.310. The number of rotatable bonds is 5. The maximum Gasteiger partial charge on any atom is -0.00257 e. The molecule has 0 amide bonds. The average Bonchev–Trinajstić information content (AvgIpc) is 2.68. The van der Waals surface area contributed by atoms with E-state index in [4.69, 9.17) is 0 Å². The van der Waals surface area contributed by atoms with Crippen LogP contribution in [0.2, 0.25) is 0 Å². The number of hydrogen-bond acceptors (Lipinski definition) is 0. The largest absolute Gasteiger partial charge is 0.0906 e. The Morgan fingerprint density at radius 1 is 0.724 bits per heavy atom. The molecule has 29 heavy (non-hydrogen) atoms. The van der Waals surface area contributed by atoms with E-state index in [-0.39, 0.29) is 0 Å². The molecule has 0 unspecified atom stereocenters. The molecule has 152 valence electrons. The molecular formula is C29H36. The molecule has 0 heteroatoms. The molecule has 0 aromatic heterocycles. The normalized spacial score (nSPS) is 10.6. The van der Waals surface area contributed by atoms with Crippen LogP contribution in [0.5, 0.6) is 0 Å². The fourth-order valence-electron chi connectivity index (χ4n) is 3.04. The molecule has 0 bridgehead atoms. The summed E-state index contributed by atoms with van der Waals surface area (Å²) in [6, 6.07) is 26.3. The summed E-state index contributed by atoms with van der Waals surface area (Å²) in [4.78, 5) is 0. The summed E-state index contributed by atoms with van der Waals surface area (Å²) in [5.74, 6) is 1.40. The Morgan fingerprint density at radius 2 is 1.24 bits per heavy atom. The van der Waals surface area contributed by atoms with Gasteiger partial charge in [-0.25, -0.2) is 0 Å². The van der Waals surface area contributed by atoms with Crippen molar-refractivity contribution in [1.82, 2.24) is 0 Å². The van der Waals surface area contributed by atoms with Crippen molar-refractivity contribution in [3.63, 3.8) is 0 Å². The lowest BCUT2D eigenvalue weighted by atomic mass is 9.95. The second-order valence-electron chi connectivity index (χ2n) is 8.85. The summed E-state index contributed by atoms with van der Waals surface area (Å²) >= 11 is 0. The average molecular weight is 385 g/mol. The Kier molecular flexibility index (Phi) is 8.46. The third kappa shape index (κ3) is 7.38. The predicted molar refractivity (Wildman–Crippen MR) is 130 cm³/mol. The predicted octanol–water partition coefficient (Wildman–Crippen LogP) is 8.43. The molecule has 0 aliphatic rings. The van der Waals surface area contributed by atoms with Gasteiger partial charge in [0, 0.05) is 0 Å². The molecule has 0 heterocycles. The smallest absolute Gasteiger partial charge is 0.00257 e. The summed E-state index contributed by atoms with van der Waals surface area (Å²) in [5.41, 5.74) is 8.83. The van der Waals surface area contributed by atoms with Gasteiger partial charge in [-0.2, -0.15) is 0 Å². The topological polar surface area (TPSA) is 0 Å². The van der Waals surface area contributed by atoms with E-state index in [0.717, 1.165) is 17.9 Å². The van der Waals surface area contributed by atoms with E-state index in [0.29, 0.717) is 5.92 Å². The van der Waals surface area contributed by atoms with Crippen LogP contribution in [0.25, 0.3) is 5.57 Å². The highest BCUT2D eigenvalue weighted by molar-refractivity contribution is 5.78. The van der Waals surface area contributed by atoms with Gasteiger partial charge in [0.1, 0.15) is 0 Å². The highest BCUT2D eigenvalue weighted by Crippen LogP contribution is 2.23. The quantitative estimate of drug-likeness (QED) is 0.414. The molecule has 3 rings (SSSR count). The standard InChI is InChI=1S/C25H26.C4H10/c1-18(2)25-7-5-6-22(17-25)16-21-10-14-24(15-11-21)20(4)23-12-8-19(3)9-13-23;1-4(2)3/h5-15,17-18H,4,16H2,1-3H3;4H,1-3H3. The van der Waals surface area contributed by atoms with Gasteiger partial charge in [0.2, 0.25) is 0 Å². The zero-order valence-electron chi connectivity index (χ0n) is 19.0. The summed E-state index contributed by atoms with van der Waals surface area (Å²) in [6.07, 6.45) is 0.970. The highest BCUT2D eigenvalue weighted by Gasteiger charge is 2.04. The van der Waals surface area contributed by atoms with E-state index in [1.807, 2.05) is 0 Å². The first kappa shape index (κ1) is 22.7. The van der Waals surface area contributed by atoms with Gasteiger partial charge >= 0.3 is 0 Å². The van der Waals surface area contributed by atoms with Crippen LogP contribution < -0.4 is 0 Å². The maximum absolute atomic E-state index is 4.27. The minimum Gasteiger partial charge on any atom is -0.0906 e. The van der Waals surface area contributed by atoms with E-state index in [1.165, 1.54) is 33.4 Å². The van der Waals surface area contributed by atoms with E-state index >= 15 is 0 Å². The van der Waals surface area contributed by atoms with Gasteiger partial charge in [-0.15, -0.1) is 0 Å². The first-order chi connectivity index (χ1) is 13.8. The Morgan fingerprint density at radius 3 is 1.76 bits per heavy atom. The van der Waals surface area contributed by atoms with Crippen LogP contribution in [0.15, 0.2) is 79.4 Å². The van der Waals surface area contributed by atoms with Gasteiger partial charge in [-0.1, -0.05) is 120 Å². The third-order valence-corrected chi connectivity index (χ3v) is 4.73. The van der Waals surface area contributed by atoms with Crippen molar-refractivity contribution in [2.75, 3.05) is 0 Å². The molecule has 3 aromatic carbocycles. The second kappa shape index (κ2) is 10.8. The SMILES string of the molecule is C=C(c1ccc(C)cc1)c1ccc(Cc2cccc(C(C)C)c2)cc1.CC(C)C. The summed E-state index contributed by atoms with van der Waals surface area (Å²) in [5, 5.41) is 0. The van der Waals surface area contributed by atoms with Gasteiger partial charge in [0.15, 0.2) is 0 Å². The van der Waals surface area contributed by atoms with Crippen molar-refractivity contribution in [3.8, 4) is 0 Å². The van der Waals surface area contributed by atoms with Crippen molar-refractivity contribution >= 4 is 5.57 Å². The summed E-state index contributed by atoms with van der Waals surface area (Å²) < 4.78 is 0. The lowest BCUT2D eigenvalue weighted by Crippen LogP contribution is -1.93. The van der Waals surface area contributed by atoms with Crippen LogP contribution in [-0.2, 0) is 6.42 Å².